The fourth-order valence-electron chi connectivity index (χ4n) is 3.69. The van der Waals surface area contributed by atoms with Crippen molar-refractivity contribution in [3.63, 3.8) is 0 Å². The lowest BCUT2D eigenvalue weighted by Gasteiger charge is -2.29. The molecule has 0 radical (unpaired) electrons. The van der Waals surface area contributed by atoms with E-state index in [1.165, 1.54) is 12.8 Å². The smallest absolute Gasteiger partial charge is 0.165 e. The lowest BCUT2D eigenvalue weighted by molar-refractivity contribution is 0.355. The Kier molecular flexibility index (Phi) is 4.85. The number of nitrogens with one attached hydrogen (secondary N) is 1. The molecule has 1 aliphatic rings. The van der Waals surface area contributed by atoms with Crippen LogP contribution in [0.4, 0.5) is 5.82 Å². The summed E-state index contributed by atoms with van der Waals surface area (Å²) in [5.74, 6) is 2.20. The van der Waals surface area contributed by atoms with Crippen LogP contribution in [0.15, 0.2) is 36.7 Å². The van der Waals surface area contributed by atoms with Crippen molar-refractivity contribution < 1.29 is 9.47 Å². The zero-order valence-electron chi connectivity index (χ0n) is 15.7. The average molecular weight is 367 g/mol. The van der Waals surface area contributed by atoms with E-state index in [1.807, 2.05) is 36.7 Å². The number of methoxy groups -OCH3 is 2. The van der Waals surface area contributed by atoms with Crippen molar-refractivity contribution in [3.8, 4) is 22.6 Å². The van der Waals surface area contributed by atoms with Crippen LogP contribution in [-0.2, 0) is 0 Å². The van der Waals surface area contributed by atoms with Crippen LogP contribution in [0.25, 0.3) is 16.8 Å². The highest BCUT2D eigenvalue weighted by atomic mass is 16.5. The molecule has 4 rings (SSSR count). The van der Waals surface area contributed by atoms with E-state index in [2.05, 4.69) is 10.4 Å². The van der Waals surface area contributed by atoms with Crippen LogP contribution < -0.4 is 20.5 Å². The van der Waals surface area contributed by atoms with E-state index < -0.39 is 0 Å². The number of benzene rings is 1. The Bertz CT molecular complexity index is 939. The van der Waals surface area contributed by atoms with E-state index in [-0.39, 0.29) is 12.1 Å². The second kappa shape index (κ2) is 7.44. The number of fused-ring (bicyclic) bond motifs is 1. The predicted molar refractivity (Wildman–Crippen MR) is 105 cm³/mol. The van der Waals surface area contributed by atoms with Gasteiger partial charge in [0.15, 0.2) is 17.1 Å². The monoisotopic (exact) mass is 367 g/mol. The van der Waals surface area contributed by atoms with E-state index in [1.54, 1.807) is 18.7 Å². The highest BCUT2D eigenvalue weighted by molar-refractivity contribution is 5.79. The molecule has 1 saturated carbocycles. The van der Waals surface area contributed by atoms with Crippen molar-refractivity contribution in [1.29, 1.82) is 0 Å². The van der Waals surface area contributed by atoms with Gasteiger partial charge >= 0.3 is 0 Å². The minimum atomic E-state index is 0.173. The minimum Gasteiger partial charge on any atom is -0.493 e. The van der Waals surface area contributed by atoms with Gasteiger partial charge < -0.3 is 20.5 Å². The molecule has 0 amide bonds. The molecule has 142 valence electrons. The quantitative estimate of drug-likeness (QED) is 0.721. The molecule has 7 heteroatoms. The first-order valence-corrected chi connectivity index (χ1v) is 9.28. The molecule has 3 aromatic rings. The molecule has 2 unspecified atom stereocenters. The van der Waals surface area contributed by atoms with Crippen LogP contribution in [0.1, 0.15) is 25.7 Å². The molecule has 1 aromatic carbocycles. The largest absolute Gasteiger partial charge is 0.493 e. The summed E-state index contributed by atoms with van der Waals surface area (Å²) < 4.78 is 12.5. The minimum absolute atomic E-state index is 0.173. The molecule has 27 heavy (non-hydrogen) atoms. The zero-order valence-corrected chi connectivity index (χ0v) is 15.7. The highest BCUT2D eigenvalue weighted by Crippen LogP contribution is 2.33. The van der Waals surface area contributed by atoms with Crippen molar-refractivity contribution in [2.45, 2.75) is 37.8 Å². The van der Waals surface area contributed by atoms with Crippen molar-refractivity contribution in [2.75, 3.05) is 19.5 Å². The molecule has 0 spiro atoms. The number of nitrogens with zero attached hydrogens (tertiary/aromatic N) is 3. The molecular formula is C20H25N5O2. The summed E-state index contributed by atoms with van der Waals surface area (Å²) in [4.78, 5) is 4.80. The van der Waals surface area contributed by atoms with Gasteiger partial charge in [0, 0.05) is 23.8 Å². The van der Waals surface area contributed by atoms with Gasteiger partial charge in [-0.05, 0) is 36.6 Å². The lowest BCUT2D eigenvalue weighted by atomic mass is 9.91. The van der Waals surface area contributed by atoms with Crippen LogP contribution >= 0.6 is 0 Å². The number of hydrogen-bond donors (Lipinski definition) is 2. The number of ether oxygens (including phenoxy) is 2. The third-order valence-corrected chi connectivity index (χ3v) is 5.22. The third kappa shape index (κ3) is 3.42. The standard InChI is InChI=1S/C20H25N5O2/c1-26-17-8-7-13(11-18(17)27-2)14-12-22-25-10-9-19(24-20(14)25)23-16-6-4-3-5-15(16)21/h7-12,15-16H,3-6,21H2,1-2H3,(H,23,24). The van der Waals surface area contributed by atoms with Crippen molar-refractivity contribution in [2.24, 2.45) is 5.73 Å². The first-order chi connectivity index (χ1) is 13.2. The number of rotatable bonds is 5. The van der Waals surface area contributed by atoms with E-state index in [4.69, 9.17) is 20.2 Å². The predicted octanol–water partition coefficient (Wildman–Crippen LogP) is 3.10. The summed E-state index contributed by atoms with van der Waals surface area (Å²) in [7, 11) is 3.26. The highest BCUT2D eigenvalue weighted by Gasteiger charge is 2.22. The van der Waals surface area contributed by atoms with Gasteiger partial charge in [0.2, 0.25) is 0 Å². The summed E-state index contributed by atoms with van der Waals surface area (Å²) in [5.41, 5.74) is 8.97. The van der Waals surface area contributed by atoms with Gasteiger partial charge in [0.1, 0.15) is 5.82 Å². The van der Waals surface area contributed by atoms with Crippen LogP contribution in [0.5, 0.6) is 11.5 Å². The molecule has 2 atom stereocenters. The molecule has 0 bridgehead atoms. The second-order valence-corrected chi connectivity index (χ2v) is 6.91. The Labute approximate surface area is 158 Å². The summed E-state index contributed by atoms with van der Waals surface area (Å²) >= 11 is 0. The van der Waals surface area contributed by atoms with Crippen LogP contribution in [0, 0.1) is 0 Å². The third-order valence-electron chi connectivity index (χ3n) is 5.22. The van der Waals surface area contributed by atoms with E-state index in [9.17, 15) is 0 Å². The van der Waals surface area contributed by atoms with Gasteiger partial charge in [0.25, 0.3) is 0 Å². The maximum absolute atomic E-state index is 6.27. The molecule has 2 heterocycles. The van der Waals surface area contributed by atoms with Crippen LogP contribution in [0.2, 0.25) is 0 Å². The van der Waals surface area contributed by atoms with E-state index >= 15 is 0 Å². The molecule has 3 N–H and O–H groups in total. The van der Waals surface area contributed by atoms with E-state index in [0.717, 1.165) is 35.4 Å². The summed E-state index contributed by atoms with van der Waals surface area (Å²) in [6.07, 6.45) is 8.29. The van der Waals surface area contributed by atoms with Gasteiger partial charge in [-0.3, -0.25) is 0 Å². The maximum atomic E-state index is 6.27. The molecule has 0 aliphatic heterocycles. The molecule has 7 nitrogen and oxygen atoms in total. The molecule has 0 saturated heterocycles. The Morgan fingerprint density at radius 2 is 1.93 bits per heavy atom. The first kappa shape index (κ1) is 17.6. The van der Waals surface area contributed by atoms with Gasteiger partial charge in [0.05, 0.1) is 20.4 Å². The Hall–Kier alpha value is -2.80. The first-order valence-electron chi connectivity index (χ1n) is 9.28. The van der Waals surface area contributed by atoms with E-state index in [0.29, 0.717) is 11.5 Å². The Morgan fingerprint density at radius 3 is 2.70 bits per heavy atom. The Morgan fingerprint density at radius 1 is 1.11 bits per heavy atom. The van der Waals surface area contributed by atoms with Crippen LogP contribution in [0.3, 0.4) is 0 Å². The lowest BCUT2D eigenvalue weighted by Crippen LogP contribution is -2.42. The number of nitrogens with two attached hydrogens (primary N) is 1. The normalized spacial score (nSPS) is 19.8. The average Bonchev–Trinajstić information content (AvgIpc) is 3.12. The van der Waals surface area contributed by atoms with Crippen LogP contribution in [-0.4, -0.2) is 40.9 Å². The van der Waals surface area contributed by atoms with Gasteiger partial charge in [-0.25, -0.2) is 9.50 Å². The number of aromatic nitrogens is 3. The van der Waals surface area contributed by atoms with Crippen molar-refractivity contribution in [3.05, 3.63) is 36.7 Å². The maximum Gasteiger partial charge on any atom is 0.165 e. The van der Waals surface area contributed by atoms with Crippen molar-refractivity contribution >= 4 is 11.5 Å². The topological polar surface area (TPSA) is 86.7 Å². The summed E-state index contributed by atoms with van der Waals surface area (Å²) in [6, 6.07) is 8.19. The second-order valence-electron chi connectivity index (χ2n) is 6.91. The van der Waals surface area contributed by atoms with Gasteiger partial charge in [-0.2, -0.15) is 5.10 Å². The Balaban J connectivity index is 1.68. The fraction of sp³-hybridized carbons (Fsp3) is 0.400. The SMILES string of the molecule is COc1ccc(-c2cnn3ccc(NC4CCCCC4N)nc23)cc1OC. The van der Waals surface area contributed by atoms with Gasteiger partial charge in [-0.1, -0.05) is 18.9 Å². The molecule has 1 fully saturated rings. The number of anilines is 1. The number of hydrogen-bond acceptors (Lipinski definition) is 6. The van der Waals surface area contributed by atoms with Crippen molar-refractivity contribution in [1.82, 2.24) is 14.6 Å². The molecule has 2 aromatic heterocycles. The van der Waals surface area contributed by atoms with Gasteiger partial charge in [-0.15, -0.1) is 0 Å². The summed E-state index contributed by atoms with van der Waals surface area (Å²) in [6.45, 7) is 0. The molecular weight excluding hydrogens is 342 g/mol. The zero-order chi connectivity index (χ0) is 18.8. The fourth-order valence-corrected chi connectivity index (χ4v) is 3.69. The molecule has 1 aliphatic carbocycles. The summed E-state index contributed by atoms with van der Waals surface area (Å²) in [5, 5.41) is 7.94.